The van der Waals surface area contributed by atoms with Crippen LogP contribution in [0.15, 0.2) is 12.1 Å². The number of rotatable bonds is 0. The molecular formula is C11H15NO. The van der Waals surface area contributed by atoms with Crippen LogP contribution in [0.25, 0.3) is 0 Å². The highest BCUT2D eigenvalue weighted by Gasteiger charge is 2.09. The zero-order valence-corrected chi connectivity index (χ0v) is 8.18. The molecule has 0 unspecified atom stereocenters. The smallest absolute Gasteiger partial charge is 0.142 e. The fourth-order valence-electron chi connectivity index (χ4n) is 1.52. The molecule has 2 nitrogen and oxygen atoms in total. The summed E-state index contributed by atoms with van der Waals surface area (Å²) in [5, 5.41) is 3.37. The molecule has 0 aliphatic carbocycles. The Balaban J connectivity index is 2.43. The van der Waals surface area contributed by atoms with Gasteiger partial charge in [-0.05, 0) is 43.5 Å². The largest absolute Gasteiger partial charge is 0.491 e. The normalized spacial score (nSPS) is 15.2. The Kier molecular flexibility index (Phi) is 2.13. The molecule has 1 aromatic carbocycles. The topological polar surface area (TPSA) is 21.3 Å². The van der Waals surface area contributed by atoms with Crippen molar-refractivity contribution in [2.75, 3.05) is 18.5 Å². The van der Waals surface area contributed by atoms with Crippen molar-refractivity contribution in [1.82, 2.24) is 0 Å². The molecule has 0 amide bonds. The lowest BCUT2D eigenvalue weighted by Gasteiger charge is -2.10. The number of benzene rings is 1. The lowest BCUT2D eigenvalue weighted by Crippen LogP contribution is -2.00. The highest BCUT2D eigenvalue weighted by Crippen LogP contribution is 2.29. The van der Waals surface area contributed by atoms with Crippen molar-refractivity contribution in [2.24, 2.45) is 0 Å². The summed E-state index contributed by atoms with van der Waals surface area (Å²) in [4.78, 5) is 0. The standard InChI is InChI=1S/C11H15NO/c1-8-6-10-11(7-9(8)2)13-5-3-4-12-10/h6-7,12H,3-5H2,1-2H3. The Morgan fingerprint density at radius 1 is 1.23 bits per heavy atom. The molecule has 13 heavy (non-hydrogen) atoms. The molecule has 1 N–H and O–H groups in total. The van der Waals surface area contributed by atoms with Crippen molar-refractivity contribution >= 4 is 5.69 Å². The summed E-state index contributed by atoms with van der Waals surface area (Å²) in [6.07, 6.45) is 1.08. The van der Waals surface area contributed by atoms with E-state index in [1.165, 1.54) is 11.1 Å². The first kappa shape index (κ1) is 8.42. The molecule has 0 fully saturated rings. The van der Waals surface area contributed by atoms with Crippen molar-refractivity contribution in [1.29, 1.82) is 0 Å². The van der Waals surface area contributed by atoms with Gasteiger partial charge >= 0.3 is 0 Å². The molecule has 1 aromatic rings. The Labute approximate surface area is 78.9 Å². The molecule has 0 bridgehead atoms. The average Bonchev–Trinajstić information content (AvgIpc) is 2.31. The summed E-state index contributed by atoms with van der Waals surface area (Å²) in [6.45, 7) is 6.07. The van der Waals surface area contributed by atoms with Gasteiger partial charge in [0.1, 0.15) is 5.75 Å². The van der Waals surface area contributed by atoms with E-state index >= 15 is 0 Å². The second kappa shape index (κ2) is 3.29. The van der Waals surface area contributed by atoms with Gasteiger partial charge in [0.2, 0.25) is 0 Å². The van der Waals surface area contributed by atoms with Crippen LogP contribution in [0.4, 0.5) is 5.69 Å². The molecule has 2 heteroatoms. The Hall–Kier alpha value is -1.18. The number of nitrogens with one attached hydrogen (secondary N) is 1. The van der Waals surface area contributed by atoms with Crippen LogP contribution in [0.2, 0.25) is 0 Å². The highest BCUT2D eigenvalue weighted by atomic mass is 16.5. The second-order valence-corrected chi connectivity index (χ2v) is 3.56. The fourth-order valence-corrected chi connectivity index (χ4v) is 1.52. The molecule has 70 valence electrons. The maximum Gasteiger partial charge on any atom is 0.142 e. The van der Waals surface area contributed by atoms with Crippen LogP contribution >= 0.6 is 0 Å². The van der Waals surface area contributed by atoms with Gasteiger partial charge in [0, 0.05) is 6.54 Å². The Morgan fingerprint density at radius 3 is 2.85 bits per heavy atom. The van der Waals surface area contributed by atoms with Crippen molar-refractivity contribution in [3.8, 4) is 5.75 Å². The molecule has 1 heterocycles. The first-order valence-corrected chi connectivity index (χ1v) is 4.75. The van der Waals surface area contributed by atoms with E-state index in [1.807, 2.05) is 0 Å². The van der Waals surface area contributed by atoms with E-state index in [1.54, 1.807) is 0 Å². The van der Waals surface area contributed by atoms with Gasteiger partial charge in [-0.15, -0.1) is 0 Å². The molecule has 0 radical (unpaired) electrons. The van der Waals surface area contributed by atoms with Crippen LogP contribution in [-0.4, -0.2) is 13.2 Å². The maximum absolute atomic E-state index is 5.62. The maximum atomic E-state index is 5.62. The minimum absolute atomic E-state index is 0.822. The van der Waals surface area contributed by atoms with Crippen LogP contribution in [-0.2, 0) is 0 Å². The molecule has 0 aromatic heterocycles. The minimum atomic E-state index is 0.822. The molecular weight excluding hydrogens is 162 g/mol. The summed E-state index contributed by atoms with van der Waals surface area (Å²) >= 11 is 0. The van der Waals surface area contributed by atoms with E-state index in [0.717, 1.165) is 31.0 Å². The third kappa shape index (κ3) is 1.62. The summed E-state index contributed by atoms with van der Waals surface area (Å²) < 4.78 is 5.62. The summed E-state index contributed by atoms with van der Waals surface area (Å²) in [5.74, 6) is 1.00. The zero-order valence-electron chi connectivity index (χ0n) is 8.18. The number of fused-ring (bicyclic) bond motifs is 1. The summed E-state index contributed by atoms with van der Waals surface area (Å²) in [7, 11) is 0. The first-order chi connectivity index (χ1) is 6.27. The van der Waals surface area contributed by atoms with Gasteiger partial charge in [-0.25, -0.2) is 0 Å². The minimum Gasteiger partial charge on any atom is -0.491 e. The SMILES string of the molecule is Cc1cc2c(cc1C)OCCCN2. The van der Waals surface area contributed by atoms with Crippen LogP contribution < -0.4 is 10.1 Å². The quantitative estimate of drug-likeness (QED) is 0.657. The van der Waals surface area contributed by atoms with Crippen molar-refractivity contribution in [3.05, 3.63) is 23.3 Å². The molecule has 0 atom stereocenters. The fraction of sp³-hybridized carbons (Fsp3) is 0.455. The lowest BCUT2D eigenvalue weighted by molar-refractivity contribution is 0.322. The van der Waals surface area contributed by atoms with E-state index < -0.39 is 0 Å². The van der Waals surface area contributed by atoms with E-state index in [0.29, 0.717) is 0 Å². The molecule has 2 rings (SSSR count). The monoisotopic (exact) mass is 177 g/mol. The van der Waals surface area contributed by atoms with Gasteiger partial charge in [0.15, 0.2) is 0 Å². The van der Waals surface area contributed by atoms with Gasteiger partial charge in [-0.2, -0.15) is 0 Å². The van der Waals surface area contributed by atoms with Crippen molar-refractivity contribution in [3.63, 3.8) is 0 Å². The Morgan fingerprint density at radius 2 is 2.00 bits per heavy atom. The predicted octanol–water partition coefficient (Wildman–Crippen LogP) is 2.50. The van der Waals surface area contributed by atoms with Gasteiger partial charge in [0.25, 0.3) is 0 Å². The number of hydrogen-bond acceptors (Lipinski definition) is 2. The van der Waals surface area contributed by atoms with Gasteiger partial charge in [0.05, 0.1) is 12.3 Å². The van der Waals surface area contributed by atoms with Crippen molar-refractivity contribution < 1.29 is 4.74 Å². The van der Waals surface area contributed by atoms with Gasteiger partial charge in [-0.1, -0.05) is 0 Å². The van der Waals surface area contributed by atoms with Gasteiger partial charge < -0.3 is 10.1 Å². The molecule has 0 spiro atoms. The number of hydrogen-bond donors (Lipinski definition) is 1. The number of ether oxygens (including phenoxy) is 1. The van der Waals surface area contributed by atoms with Crippen molar-refractivity contribution in [2.45, 2.75) is 20.3 Å². The third-order valence-corrected chi connectivity index (χ3v) is 2.49. The predicted molar refractivity (Wildman–Crippen MR) is 54.5 cm³/mol. The number of anilines is 1. The van der Waals surface area contributed by atoms with Crippen LogP contribution in [0, 0.1) is 13.8 Å². The Bertz CT molecular complexity index is 289. The molecule has 0 saturated carbocycles. The van der Waals surface area contributed by atoms with Crippen LogP contribution in [0.1, 0.15) is 17.5 Å². The van der Waals surface area contributed by atoms with E-state index in [4.69, 9.17) is 4.74 Å². The third-order valence-electron chi connectivity index (χ3n) is 2.49. The average molecular weight is 177 g/mol. The lowest BCUT2D eigenvalue weighted by atomic mass is 10.1. The van der Waals surface area contributed by atoms with E-state index in [-0.39, 0.29) is 0 Å². The molecule has 0 saturated heterocycles. The highest BCUT2D eigenvalue weighted by molar-refractivity contribution is 5.60. The van der Waals surface area contributed by atoms with Crippen LogP contribution in [0.3, 0.4) is 0 Å². The summed E-state index contributed by atoms with van der Waals surface area (Å²) in [6, 6.07) is 4.28. The second-order valence-electron chi connectivity index (χ2n) is 3.56. The summed E-state index contributed by atoms with van der Waals surface area (Å²) in [5.41, 5.74) is 3.75. The molecule has 1 aliphatic heterocycles. The first-order valence-electron chi connectivity index (χ1n) is 4.75. The van der Waals surface area contributed by atoms with E-state index in [2.05, 4.69) is 31.3 Å². The molecule has 1 aliphatic rings. The number of aryl methyl sites for hydroxylation is 2. The van der Waals surface area contributed by atoms with Crippen LogP contribution in [0.5, 0.6) is 5.75 Å². The zero-order chi connectivity index (χ0) is 9.26. The van der Waals surface area contributed by atoms with Gasteiger partial charge in [-0.3, -0.25) is 0 Å². The van der Waals surface area contributed by atoms with E-state index in [9.17, 15) is 0 Å².